The van der Waals surface area contributed by atoms with E-state index in [1.807, 2.05) is 6.92 Å². The van der Waals surface area contributed by atoms with Crippen molar-refractivity contribution in [1.29, 1.82) is 0 Å². The van der Waals surface area contributed by atoms with E-state index in [2.05, 4.69) is 40.4 Å². The summed E-state index contributed by atoms with van der Waals surface area (Å²) in [5.41, 5.74) is 0. The van der Waals surface area contributed by atoms with Crippen LogP contribution in [-0.2, 0) is 53.8 Å². The van der Waals surface area contributed by atoms with E-state index >= 15 is 0 Å². The van der Waals surface area contributed by atoms with Crippen molar-refractivity contribution in [2.75, 3.05) is 13.2 Å². The first-order valence-electron chi connectivity index (χ1n) is 7.83. The molecule has 3 atom stereocenters. The van der Waals surface area contributed by atoms with Gasteiger partial charge in [0.15, 0.2) is 8.32 Å². The Hall–Kier alpha value is -0.0529. The van der Waals surface area contributed by atoms with Gasteiger partial charge in [-0.05, 0) is 25.1 Å². The number of esters is 1. The molecule has 0 aromatic heterocycles. The Morgan fingerprint density at radius 1 is 1.46 bits per heavy atom. The molecule has 8 heteroatoms. The zero-order valence-corrected chi connectivity index (χ0v) is 18.5. The van der Waals surface area contributed by atoms with E-state index in [-0.39, 0.29) is 58.5 Å². The third kappa shape index (κ3) is 5.47. The summed E-state index contributed by atoms with van der Waals surface area (Å²) in [6.07, 6.45) is 1.24. The number of amides is 1. The molecule has 0 N–H and O–H groups in total. The number of β-lactam (4-membered cyclic amide) rings is 1. The van der Waals surface area contributed by atoms with Crippen molar-refractivity contribution < 1.29 is 41.1 Å². The summed E-state index contributed by atoms with van der Waals surface area (Å²) in [5.74, 6) is -0.970. The van der Waals surface area contributed by atoms with Gasteiger partial charge in [-0.3, -0.25) is 9.59 Å². The molecule has 24 heavy (non-hydrogen) atoms. The molecule has 1 fully saturated rings. The van der Waals surface area contributed by atoms with Gasteiger partial charge in [0.05, 0.1) is 12.0 Å². The number of ether oxygens (including phenoxy) is 1. The molecule has 1 aliphatic heterocycles. The summed E-state index contributed by atoms with van der Waals surface area (Å²) < 4.78 is 11.2. The minimum absolute atomic E-state index is 0. The van der Waals surface area contributed by atoms with Crippen LogP contribution in [0.4, 0.5) is 0 Å². The van der Waals surface area contributed by atoms with Crippen molar-refractivity contribution in [3.05, 3.63) is 12.7 Å². The Bertz CT molecular complexity index is 481. The van der Waals surface area contributed by atoms with Crippen molar-refractivity contribution in [1.82, 2.24) is 4.90 Å². The molecule has 0 aromatic rings. The van der Waals surface area contributed by atoms with Crippen LogP contribution in [-0.4, -0.2) is 49.7 Å². The third-order valence-electron chi connectivity index (χ3n) is 4.64. The normalized spacial score (nSPS) is 22.3. The molecule has 1 rings (SSSR count). The van der Waals surface area contributed by atoms with Crippen LogP contribution in [0.25, 0.3) is 0 Å². The summed E-state index contributed by atoms with van der Waals surface area (Å²) in [6.45, 7) is 16.2. The zero-order chi connectivity index (χ0) is 18.0. The molecule has 1 saturated heterocycles. The number of hydrogen-bond donors (Lipinski definition) is 0. The van der Waals surface area contributed by atoms with E-state index in [0.29, 0.717) is 0 Å². The maximum Gasteiger partial charge on any atom is 1.00 e. The Morgan fingerprint density at radius 2 is 2.00 bits per heavy atom. The van der Waals surface area contributed by atoms with Crippen molar-refractivity contribution in [2.24, 2.45) is 5.92 Å². The molecule has 0 aromatic carbocycles. The monoisotopic (exact) mass is 465 g/mol. The minimum Gasteiger partial charge on any atom is -0.767 e. The molecule has 1 aliphatic rings. The summed E-state index contributed by atoms with van der Waals surface area (Å²) >= 11 is 5.39. The number of nitrogens with zero attached hydrogens (tertiary/aromatic N) is 1. The summed E-state index contributed by atoms with van der Waals surface area (Å²) in [6, 6.07) is 0. The average Bonchev–Trinajstić information content (AvgIpc) is 2.40. The first-order valence-corrected chi connectivity index (χ1v) is 11.2. The van der Waals surface area contributed by atoms with E-state index in [1.54, 1.807) is 0 Å². The number of hydrogen-bond acceptors (Lipinski definition) is 5. The van der Waals surface area contributed by atoms with Gasteiger partial charge in [0.2, 0.25) is 5.91 Å². The smallest absolute Gasteiger partial charge is 0.767 e. The molecule has 142 valence electrons. The van der Waals surface area contributed by atoms with Gasteiger partial charge in [0.25, 0.3) is 0 Å². The summed E-state index contributed by atoms with van der Waals surface area (Å²) in [5, 5.41) is -0.363. The van der Waals surface area contributed by atoms with Crippen LogP contribution in [0.3, 0.4) is 0 Å². The van der Waals surface area contributed by atoms with Crippen LogP contribution in [0.2, 0.25) is 18.1 Å². The van der Waals surface area contributed by atoms with E-state index in [0.717, 1.165) is 0 Å². The Morgan fingerprint density at radius 3 is 2.42 bits per heavy atom. The average molecular weight is 466 g/mol. The van der Waals surface area contributed by atoms with Crippen molar-refractivity contribution in [3.63, 3.8) is 0 Å². The largest absolute Gasteiger partial charge is 1.00 e. The molecule has 0 radical (unpaired) electrons. The first kappa shape index (κ1) is 23.9. The van der Waals surface area contributed by atoms with Gasteiger partial charge >= 0.3 is 28.3 Å². The van der Waals surface area contributed by atoms with Gasteiger partial charge in [0.1, 0.15) is 13.2 Å². The van der Waals surface area contributed by atoms with Gasteiger partial charge in [-0.15, -0.1) is 0 Å². The van der Waals surface area contributed by atoms with Crippen LogP contribution in [0.5, 0.6) is 0 Å². The molecule has 0 spiro atoms. The van der Waals surface area contributed by atoms with E-state index in [1.165, 1.54) is 11.0 Å². The van der Waals surface area contributed by atoms with Crippen molar-refractivity contribution in [2.45, 2.75) is 57.3 Å². The van der Waals surface area contributed by atoms with Gasteiger partial charge in [0, 0.05) is 0 Å². The van der Waals surface area contributed by atoms with Gasteiger partial charge in [-0.25, -0.2) is 0 Å². The zero-order valence-electron chi connectivity index (χ0n) is 15.2. The molecule has 0 aliphatic carbocycles. The molecule has 5 nitrogen and oxygen atoms in total. The minimum atomic E-state index is -1.96. The molecule has 0 bridgehead atoms. The molecule has 1 heterocycles. The van der Waals surface area contributed by atoms with Crippen molar-refractivity contribution >= 4 is 32.8 Å². The van der Waals surface area contributed by atoms with Gasteiger partial charge in [-0.2, -0.15) is 0 Å². The standard InChI is InChI=1S/C16H29NO4SSi.Ag/c1-8-9-20-12(18)10-17-14(19)13(15(17)22)11(2)21-23(6,7)16(3,4)5;/h8,11,13,15,22H,1,9-10H2,2-7H3;/q;+1/p-1/t11?,13-,15+;/m0./s1. The van der Waals surface area contributed by atoms with E-state index in [9.17, 15) is 9.59 Å². The molecular weight excluding hydrogens is 438 g/mol. The second-order valence-corrected chi connectivity index (χ2v) is 12.7. The summed E-state index contributed by atoms with van der Waals surface area (Å²) in [4.78, 5) is 25.3. The van der Waals surface area contributed by atoms with Crippen LogP contribution in [0.15, 0.2) is 12.7 Å². The van der Waals surface area contributed by atoms with Gasteiger partial charge in [-0.1, -0.05) is 38.8 Å². The number of carbonyl (C=O) groups excluding carboxylic acids is 2. The third-order valence-corrected chi connectivity index (χ3v) is 9.76. The number of carbonyl (C=O) groups is 2. The Balaban J connectivity index is 0.00000529. The SMILES string of the molecule is C=CCOC(=O)CN1C(=O)[C@H](C(C)O[Si](C)(C)C(C)(C)C)[C@H]1[S-].[Ag+]. The fourth-order valence-corrected chi connectivity index (χ4v) is 4.15. The maximum atomic E-state index is 12.3. The predicted molar refractivity (Wildman–Crippen MR) is 95.3 cm³/mol. The molecule has 1 amide bonds. The number of likely N-dealkylation sites (tertiary alicyclic amines) is 1. The topological polar surface area (TPSA) is 55.8 Å². The Labute approximate surface area is 167 Å². The quantitative estimate of drug-likeness (QED) is 0.190. The van der Waals surface area contributed by atoms with E-state index in [4.69, 9.17) is 21.8 Å². The predicted octanol–water partition coefficient (Wildman–Crippen LogP) is 2.45. The maximum absolute atomic E-state index is 12.3. The fraction of sp³-hybridized carbons (Fsp3) is 0.750. The first-order chi connectivity index (χ1) is 10.4. The van der Waals surface area contributed by atoms with Crippen LogP contribution in [0.1, 0.15) is 27.7 Å². The molecular formula is C16H28AgNO4SSi. The van der Waals surface area contributed by atoms with Crippen LogP contribution >= 0.6 is 0 Å². The molecule has 1 unspecified atom stereocenters. The van der Waals surface area contributed by atoms with E-state index < -0.39 is 19.7 Å². The van der Waals surface area contributed by atoms with Crippen LogP contribution < -0.4 is 0 Å². The van der Waals surface area contributed by atoms with Crippen LogP contribution in [0, 0.1) is 5.92 Å². The fourth-order valence-electron chi connectivity index (χ4n) is 2.20. The second-order valence-electron chi connectivity index (χ2n) is 7.44. The Kier molecular flexibility index (Phi) is 9.03. The van der Waals surface area contributed by atoms with Gasteiger partial charge < -0.3 is 26.7 Å². The summed E-state index contributed by atoms with van der Waals surface area (Å²) in [7, 11) is -1.96. The molecule has 0 saturated carbocycles. The van der Waals surface area contributed by atoms with Crippen molar-refractivity contribution in [3.8, 4) is 0 Å². The second kappa shape index (κ2) is 9.05. The number of rotatable bonds is 7.